The lowest BCUT2D eigenvalue weighted by Gasteiger charge is -2.24. The minimum atomic E-state index is -0.118. The van der Waals surface area contributed by atoms with Gasteiger partial charge < -0.3 is 15.2 Å². The molecule has 1 fully saturated rings. The predicted molar refractivity (Wildman–Crippen MR) is 152 cm³/mol. The summed E-state index contributed by atoms with van der Waals surface area (Å²) in [6, 6.07) is 16.9. The molecule has 1 atom stereocenters. The van der Waals surface area contributed by atoms with Crippen LogP contribution in [0, 0.1) is 0 Å². The van der Waals surface area contributed by atoms with Crippen molar-refractivity contribution in [1.29, 1.82) is 0 Å². The average molecular weight is 509 g/mol. The summed E-state index contributed by atoms with van der Waals surface area (Å²) >= 11 is 0. The summed E-state index contributed by atoms with van der Waals surface area (Å²) in [6.45, 7) is 7.11. The van der Waals surface area contributed by atoms with Gasteiger partial charge in [-0.3, -0.25) is 9.79 Å². The highest BCUT2D eigenvalue weighted by molar-refractivity contribution is 6.06. The van der Waals surface area contributed by atoms with Gasteiger partial charge in [0, 0.05) is 60.8 Å². The van der Waals surface area contributed by atoms with E-state index in [0.29, 0.717) is 12.1 Å². The molecule has 0 saturated heterocycles. The molecular formula is C32H36N4O2. The molecule has 1 unspecified atom stereocenters. The van der Waals surface area contributed by atoms with Crippen LogP contribution in [0.1, 0.15) is 73.2 Å². The summed E-state index contributed by atoms with van der Waals surface area (Å²) in [5.74, 6) is 1.18. The first-order valence-corrected chi connectivity index (χ1v) is 13.6. The van der Waals surface area contributed by atoms with Gasteiger partial charge in [-0.1, -0.05) is 56.3 Å². The zero-order chi connectivity index (χ0) is 26.7. The fourth-order valence-corrected chi connectivity index (χ4v) is 5.49. The smallest absolute Gasteiger partial charge is 0.143 e. The van der Waals surface area contributed by atoms with Crippen LogP contribution in [0.5, 0.6) is 0 Å². The van der Waals surface area contributed by atoms with Crippen LogP contribution >= 0.6 is 0 Å². The molecule has 3 aliphatic rings. The van der Waals surface area contributed by atoms with E-state index in [0.717, 1.165) is 48.4 Å². The molecule has 196 valence electrons. The Morgan fingerprint density at radius 1 is 1.11 bits per heavy atom. The van der Waals surface area contributed by atoms with Crippen molar-refractivity contribution < 1.29 is 9.32 Å². The monoisotopic (exact) mass is 508 g/mol. The normalized spacial score (nSPS) is 19.0. The predicted octanol–water partition coefficient (Wildman–Crippen LogP) is 5.39. The number of anilines is 1. The number of Topliss-reactive ketones (excluding diaryl/α,β-unsaturated/α-hetero) is 1. The Morgan fingerprint density at radius 2 is 1.87 bits per heavy atom. The van der Waals surface area contributed by atoms with Crippen molar-refractivity contribution in [2.75, 3.05) is 18.5 Å². The first kappa shape index (κ1) is 24.8. The third-order valence-corrected chi connectivity index (χ3v) is 7.99. The van der Waals surface area contributed by atoms with E-state index in [9.17, 15) is 4.79 Å². The Kier molecular flexibility index (Phi) is 5.91. The third kappa shape index (κ3) is 4.97. The quantitative estimate of drug-likeness (QED) is 0.441. The Labute approximate surface area is 224 Å². The largest absolute Gasteiger partial charge is 0.373 e. The number of nitrogens with zero attached hydrogens (tertiary/aromatic N) is 3. The number of benzene rings is 2. The second kappa shape index (κ2) is 9.05. The van der Waals surface area contributed by atoms with E-state index >= 15 is 0 Å². The van der Waals surface area contributed by atoms with Crippen molar-refractivity contribution in [3.05, 3.63) is 88.3 Å². The zero-order valence-corrected chi connectivity index (χ0v) is 22.8. The molecule has 2 aliphatic carbocycles. The van der Waals surface area contributed by atoms with Crippen LogP contribution in [-0.2, 0) is 29.5 Å². The van der Waals surface area contributed by atoms with Gasteiger partial charge in [0.2, 0.25) is 0 Å². The van der Waals surface area contributed by atoms with Crippen LogP contribution in [0.4, 0.5) is 5.69 Å². The first-order chi connectivity index (χ1) is 18.1. The number of carbonyl (C=O) groups is 1. The third-order valence-electron chi connectivity index (χ3n) is 7.99. The summed E-state index contributed by atoms with van der Waals surface area (Å²) in [6.07, 6.45) is 6.07. The van der Waals surface area contributed by atoms with Gasteiger partial charge in [0.25, 0.3) is 0 Å². The Hall–Kier alpha value is -3.51. The van der Waals surface area contributed by atoms with Gasteiger partial charge in [0.15, 0.2) is 0 Å². The topological polar surface area (TPSA) is 84.7 Å². The van der Waals surface area contributed by atoms with E-state index < -0.39 is 0 Å². The van der Waals surface area contributed by atoms with Gasteiger partial charge in [-0.15, -0.1) is 0 Å². The van der Waals surface area contributed by atoms with E-state index in [2.05, 4.69) is 74.3 Å². The Morgan fingerprint density at radius 3 is 2.55 bits per heavy atom. The first-order valence-electron chi connectivity index (χ1n) is 13.6. The number of hydrogen-bond acceptors (Lipinski definition) is 6. The fourth-order valence-electron chi connectivity index (χ4n) is 5.49. The van der Waals surface area contributed by atoms with Crippen LogP contribution in [0.25, 0.3) is 5.70 Å². The SMILES string of the molecule is CN(CC1(N)CC1)c1ccc2c(c1)CC1=NC(c3ccc(CC(=O)Cc4cc(C(C)(C)C)on4)cc3)=CC12. The van der Waals surface area contributed by atoms with Gasteiger partial charge in [0.05, 0.1) is 17.8 Å². The average Bonchev–Trinajstić information content (AvgIpc) is 3.21. The number of aliphatic imine (C=N–C) groups is 1. The summed E-state index contributed by atoms with van der Waals surface area (Å²) < 4.78 is 5.41. The van der Waals surface area contributed by atoms with Crippen LogP contribution < -0.4 is 10.6 Å². The van der Waals surface area contributed by atoms with E-state index in [1.807, 2.05) is 18.2 Å². The number of hydrogen-bond donors (Lipinski definition) is 1. The summed E-state index contributed by atoms with van der Waals surface area (Å²) in [4.78, 5) is 19.9. The van der Waals surface area contributed by atoms with E-state index in [4.69, 9.17) is 15.2 Å². The van der Waals surface area contributed by atoms with Crippen molar-refractivity contribution in [3.63, 3.8) is 0 Å². The molecular weight excluding hydrogens is 472 g/mol. The molecule has 2 aromatic carbocycles. The van der Waals surface area contributed by atoms with Crippen molar-refractivity contribution >= 4 is 22.9 Å². The van der Waals surface area contributed by atoms with Gasteiger partial charge in [-0.25, -0.2) is 0 Å². The molecule has 38 heavy (non-hydrogen) atoms. The number of likely N-dealkylation sites (N-methyl/N-ethyl adjacent to an activating group) is 1. The number of aromatic nitrogens is 1. The number of allylic oxidation sites excluding steroid dienone is 1. The van der Waals surface area contributed by atoms with Crippen molar-refractivity contribution in [2.45, 2.75) is 69.7 Å². The van der Waals surface area contributed by atoms with Gasteiger partial charge in [-0.05, 0) is 53.3 Å². The summed E-state index contributed by atoms with van der Waals surface area (Å²) in [7, 11) is 2.13. The van der Waals surface area contributed by atoms with Crippen molar-refractivity contribution in [3.8, 4) is 0 Å². The maximum Gasteiger partial charge on any atom is 0.143 e. The number of nitrogens with two attached hydrogens (primary N) is 1. The Balaban J connectivity index is 1.09. The summed E-state index contributed by atoms with van der Waals surface area (Å²) in [5, 5.41) is 4.08. The molecule has 1 aromatic heterocycles. The zero-order valence-electron chi connectivity index (χ0n) is 22.8. The highest BCUT2D eigenvalue weighted by atomic mass is 16.5. The molecule has 2 N–H and O–H groups in total. The number of carbonyl (C=O) groups excluding carboxylic acids is 1. The lowest BCUT2D eigenvalue weighted by molar-refractivity contribution is -0.117. The second-order valence-electron chi connectivity index (χ2n) is 12.4. The van der Waals surface area contributed by atoms with Crippen molar-refractivity contribution in [2.24, 2.45) is 10.7 Å². The lowest BCUT2D eigenvalue weighted by Crippen LogP contribution is -2.37. The van der Waals surface area contributed by atoms with Crippen LogP contribution in [0.3, 0.4) is 0 Å². The molecule has 0 radical (unpaired) electrons. The maximum atomic E-state index is 12.6. The van der Waals surface area contributed by atoms with Crippen LogP contribution in [0.15, 0.2) is 64.1 Å². The maximum absolute atomic E-state index is 12.6. The van der Waals surface area contributed by atoms with E-state index in [1.54, 1.807) is 0 Å². The standard InChI is InChI=1S/C32H36N4O2/c1-31(2,3)30-17-23(35-38-30)16-25(37)13-20-5-7-21(8-6-20)28-18-27-26-10-9-24(14-22(26)15-29(27)34-28)36(4)19-32(33)11-12-32/h5-10,14,17-18,27H,11-13,15-16,19,33H2,1-4H3. The molecule has 6 heteroatoms. The lowest BCUT2D eigenvalue weighted by atomic mass is 9.93. The van der Waals surface area contributed by atoms with E-state index in [-0.39, 0.29) is 29.1 Å². The molecule has 1 aliphatic heterocycles. The highest BCUT2D eigenvalue weighted by Gasteiger charge is 2.39. The molecule has 0 amide bonds. The number of rotatable bonds is 8. The second-order valence-corrected chi connectivity index (χ2v) is 12.4. The molecule has 0 spiro atoms. The molecule has 3 aromatic rings. The Bertz CT molecular complexity index is 1450. The minimum Gasteiger partial charge on any atom is -0.373 e. The van der Waals surface area contributed by atoms with Crippen LogP contribution in [-0.4, -0.2) is 35.8 Å². The fraction of sp³-hybridized carbons (Fsp3) is 0.406. The number of fused-ring (bicyclic) bond motifs is 3. The van der Waals surface area contributed by atoms with Gasteiger partial charge in [0.1, 0.15) is 11.5 Å². The minimum absolute atomic E-state index is 0.00201. The van der Waals surface area contributed by atoms with Gasteiger partial charge >= 0.3 is 0 Å². The van der Waals surface area contributed by atoms with Crippen LogP contribution in [0.2, 0.25) is 0 Å². The summed E-state index contributed by atoms with van der Waals surface area (Å²) in [5.41, 5.74) is 15.2. The van der Waals surface area contributed by atoms with E-state index in [1.165, 1.54) is 22.5 Å². The highest BCUT2D eigenvalue weighted by Crippen LogP contribution is 2.42. The van der Waals surface area contributed by atoms with Gasteiger partial charge in [-0.2, -0.15) is 0 Å². The molecule has 6 rings (SSSR count). The van der Waals surface area contributed by atoms with Crippen molar-refractivity contribution in [1.82, 2.24) is 5.16 Å². The molecule has 1 saturated carbocycles. The molecule has 6 nitrogen and oxygen atoms in total. The number of ketones is 1. The molecule has 0 bridgehead atoms. The molecule has 2 heterocycles.